The summed E-state index contributed by atoms with van der Waals surface area (Å²) in [5, 5.41) is 13.2. The van der Waals surface area contributed by atoms with E-state index < -0.39 is 42.2 Å². The van der Waals surface area contributed by atoms with Crippen molar-refractivity contribution in [3.8, 4) is 0 Å². The van der Waals surface area contributed by atoms with Gasteiger partial charge >= 0.3 is 6.09 Å². The molecular formula is C41H45NO7. The van der Waals surface area contributed by atoms with Gasteiger partial charge in [0.05, 0.1) is 37.6 Å². The molecule has 8 heteroatoms. The molecule has 1 saturated heterocycles. The standard InChI is InChI=1S/C41H45NO7/c1-28-32-22-14-15-23-33(32)42(40(44)49-41(2,3)4)35(28)38-36(43)39(47-26-31-20-12-7-13-21-31)37(46-25-30-18-10-6-11-19-30)34(48-38)27-45-24-29-16-8-5-9-17-29/h5-23,34,36-39,43H,24-27H2,1-4H3/t34-,36-,37-,38-,39-/m0/s1. The van der Waals surface area contributed by atoms with Crippen molar-refractivity contribution in [1.82, 2.24) is 4.57 Å². The summed E-state index contributed by atoms with van der Waals surface area (Å²) < 4.78 is 33.7. The number of nitrogens with zero attached hydrogens (tertiary/aromatic N) is 1. The average Bonchev–Trinajstić information content (AvgIpc) is 3.40. The predicted octanol–water partition coefficient (Wildman–Crippen LogP) is 7.92. The lowest BCUT2D eigenvalue weighted by Crippen LogP contribution is -2.58. The van der Waals surface area contributed by atoms with E-state index in [0.717, 1.165) is 27.6 Å². The van der Waals surface area contributed by atoms with Gasteiger partial charge in [-0.1, -0.05) is 109 Å². The Morgan fingerprint density at radius 1 is 0.735 bits per heavy atom. The first kappa shape index (κ1) is 34.5. The van der Waals surface area contributed by atoms with Crippen LogP contribution >= 0.6 is 0 Å². The molecule has 6 rings (SSSR count). The Hall–Kier alpha value is -4.31. The zero-order valence-corrected chi connectivity index (χ0v) is 28.5. The Balaban J connectivity index is 1.40. The molecule has 0 saturated carbocycles. The number of aliphatic hydroxyl groups is 1. The Kier molecular flexibility index (Phi) is 10.9. The summed E-state index contributed by atoms with van der Waals surface area (Å²) in [4.78, 5) is 13.9. The van der Waals surface area contributed by atoms with Crippen LogP contribution in [0.5, 0.6) is 0 Å². The third-order valence-electron chi connectivity index (χ3n) is 8.64. The molecule has 4 aromatic carbocycles. The van der Waals surface area contributed by atoms with Crippen LogP contribution in [0, 0.1) is 6.92 Å². The van der Waals surface area contributed by atoms with Crippen LogP contribution in [0.1, 0.15) is 54.8 Å². The van der Waals surface area contributed by atoms with E-state index in [2.05, 4.69) is 0 Å². The minimum Gasteiger partial charge on any atom is -0.443 e. The molecule has 0 amide bonds. The predicted molar refractivity (Wildman–Crippen MR) is 188 cm³/mol. The van der Waals surface area contributed by atoms with Gasteiger partial charge in [0.15, 0.2) is 0 Å². The Morgan fingerprint density at radius 3 is 1.82 bits per heavy atom. The van der Waals surface area contributed by atoms with Crippen LogP contribution in [0.25, 0.3) is 10.9 Å². The van der Waals surface area contributed by atoms with E-state index in [-0.39, 0.29) is 19.8 Å². The number of hydrogen-bond donors (Lipinski definition) is 1. The van der Waals surface area contributed by atoms with E-state index in [9.17, 15) is 9.90 Å². The van der Waals surface area contributed by atoms with E-state index in [4.69, 9.17) is 23.7 Å². The first-order chi connectivity index (χ1) is 23.7. The summed E-state index contributed by atoms with van der Waals surface area (Å²) in [5.41, 5.74) is 4.19. The maximum Gasteiger partial charge on any atom is 0.419 e. The number of aliphatic hydroxyl groups excluding tert-OH is 1. The third-order valence-corrected chi connectivity index (χ3v) is 8.64. The molecule has 2 heterocycles. The number of ether oxygens (including phenoxy) is 5. The fourth-order valence-electron chi connectivity index (χ4n) is 6.35. The van der Waals surface area contributed by atoms with Crippen LogP contribution in [0.3, 0.4) is 0 Å². The van der Waals surface area contributed by atoms with Crippen molar-refractivity contribution in [2.75, 3.05) is 6.61 Å². The van der Waals surface area contributed by atoms with Gasteiger partial charge in [-0.05, 0) is 56.0 Å². The van der Waals surface area contributed by atoms with E-state index >= 15 is 0 Å². The average molecular weight is 664 g/mol. The molecule has 0 aliphatic carbocycles. The highest BCUT2D eigenvalue weighted by molar-refractivity contribution is 5.93. The summed E-state index contributed by atoms with van der Waals surface area (Å²) >= 11 is 0. The zero-order valence-electron chi connectivity index (χ0n) is 28.5. The van der Waals surface area contributed by atoms with Crippen LogP contribution in [0.4, 0.5) is 4.79 Å². The van der Waals surface area contributed by atoms with Gasteiger partial charge in [-0.3, -0.25) is 0 Å². The largest absolute Gasteiger partial charge is 0.443 e. The summed E-state index contributed by atoms with van der Waals surface area (Å²) in [6, 6.07) is 37.2. The molecule has 1 aromatic heterocycles. The van der Waals surface area contributed by atoms with Crippen molar-refractivity contribution >= 4 is 17.0 Å². The quantitative estimate of drug-likeness (QED) is 0.154. The highest BCUT2D eigenvalue weighted by Crippen LogP contribution is 2.41. The van der Waals surface area contributed by atoms with Gasteiger partial charge in [-0.15, -0.1) is 0 Å². The fraction of sp³-hybridized carbons (Fsp3) is 0.341. The Morgan fingerprint density at radius 2 is 1.24 bits per heavy atom. The van der Waals surface area contributed by atoms with Crippen LogP contribution in [-0.2, 0) is 43.5 Å². The Labute approximate surface area is 288 Å². The molecule has 1 N–H and O–H groups in total. The second-order valence-corrected chi connectivity index (χ2v) is 13.5. The third kappa shape index (κ3) is 8.29. The Bertz CT molecular complexity index is 1800. The van der Waals surface area contributed by atoms with E-state index in [1.807, 2.05) is 143 Å². The van der Waals surface area contributed by atoms with Crippen LogP contribution in [0.2, 0.25) is 0 Å². The van der Waals surface area contributed by atoms with Crippen LogP contribution < -0.4 is 0 Å². The minimum absolute atomic E-state index is 0.161. The van der Waals surface area contributed by atoms with Crippen molar-refractivity contribution < 1.29 is 33.6 Å². The first-order valence-corrected chi connectivity index (χ1v) is 16.8. The summed E-state index contributed by atoms with van der Waals surface area (Å²) in [6.07, 6.45) is -4.93. The van der Waals surface area contributed by atoms with Crippen molar-refractivity contribution in [1.29, 1.82) is 0 Å². The lowest BCUT2D eigenvalue weighted by Gasteiger charge is -2.45. The van der Waals surface area contributed by atoms with Gasteiger partial charge < -0.3 is 28.8 Å². The molecule has 0 unspecified atom stereocenters. The number of hydrogen-bond acceptors (Lipinski definition) is 7. The molecule has 5 atom stereocenters. The van der Waals surface area contributed by atoms with Crippen molar-refractivity contribution in [3.05, 3.63) is 143 Å². The molecule has 1 aliphatic rings. The van der Waals surface area contributed by atoms with Crippen molar-refractivity contribution in [2.24, 2.45) is 0 Å². The normalized spacial score (nSPS) is 21.1. The maximum absolute atomic E-state index is 13.9. The van der Waals surface area contributed by atoms with E-state index in [1.54, 1.807) is 0 Å². The van der Waals surface area contributed by atoms with Gasteiger partial charge in [0.2, 0.25) is 0 Å². The molecule has 1 aliphatic heterocycles. The van der Waals surface area contributed by atoms with Gasteiger partial charge in [0.25, 0.3) is 0 Å². The second kappa shape index (κ2) is 15.5. The summed E-state index contributed by atoms with van der Waals surface area (Å²) in [6.45, 7) is 8.48. The second-order valence-electron chi connectivity index (χ2n) is 13.5. The molecule has 0 radical (unpaired) electrons. The van der Waals surface area contributed by atoms with Gasteiger partial charge in [-0.25, -0.2) is 9.36 Å². The molecular weight excluding hydrogens is 618 g/mol. The number of benzene rings is 4. The van der Waals surface area contributed by atoms with Gasteiger partial charge in [-0.2, -0.15) is 0 Å². The number of rotatable bonds is 11. The molecule has 256 valence electrons. The van der Waals surface area contributed by atoms with E-state index in [0.29, 0.717) is 17.8 Å². The number of carbonyl (C=O) groups is 1. The van der Waals surface area contributed by atoms with Gasteiger partial charge in [0.1, 0.15) is 36.1 Å². The number of aryl methyl sites for hydroxylation is 1. The molecule has 8 nitrogen and oxygen atoms in total. The zero-order chi connectivity index (χ0) is 34.4. The topological polar surface area (TPSA) is 88.4 Å². The number of fused-ring (bicyclic) bond motifs is 1. The highest BCUT2D eigenvalue weighted by Gasteiger charge is 2.49. The number of aromatic nitrogens is 1. The lowest BCUT2D eigenvalue weighted by atomic mass is 9.91. The van der Waals surface area contributed by atoms with E-state index in [1.165, 1.54) is 4.57 Å². The van der Waals surface area contributed by atoms with Crippen LogP contribution in [0.15, 0.2) is 115 Å². The molecule has 49 heavy (non-hydrogen) atoms. The van der Waals surface area contributed by atoms with Gasteiger partial charge in [0, 0.05) is 5.39 Å². The summed E-state index contributed by atoms with van der Waals surface area (Å²) in [5.74, 6) is 0. The minimum atomic E-state index is -1.21. The number of para-hydroxylation sites is 1. The smallest absolute Gasteiger partial charge is 0.419 e. The SMILES string of the molecule is Cc1c([C@@H]2O[C@@H](COCc3ccccc3)[C@H](OCc3ccccc3)[C@@H](OCc3ccccc3)[C@H]2O)n(C(=O)OC(C)(C)C)c2ccccc12. The fourth-order valence-corrected chi connectivity index (χ4v) is 6.35. The highest BCUT2D eigenvalue weighted by atomic mass is 16.6. The van der Waals surface area contributed by atoms with Crippen molar-refractivity contribution in [2.45, 2.75) is 83.6 Å². The van der Waals surface area contributed by atoms with Crippen LogP contribution in [-0.4, -0.2) is 52.4 Å². The molecule has 5 aromatic rings. The monoisotopic (exact) mass is 663 g/mol. The maximum atomic E-state index is 13.9. The molecule has 0 bridgehead atoms. The molecule has 0 spiro atoms. The first-order valence-electron chi connectivity index (χ1n) is 16.8. The lowest BCUT2D eigenvalue weighted by molar-refractivity contribution is -0.264. The summed E-state index contributed by atoms with van der Waals surface area (Å²) in [7, 11) is 0. The molecule has 1 fully saturated rings. The van der Waals surface area contributed by atoms with Crippen molar-refractivity contribution in [3.63, 3.8) is 0 Å². The number of carbonyl (C=O) groups excluding carboxylic acids is 1.